The van der Waals surface area contributed by atoms with Crippen molar-refractivity contribution >= 4 is 0 Å². The molecular formula is C28H54O2. The first-order valence-electron chi connectivity index (χ1n) is 13.4. The van der Waals surface area contributed by atoms with Crippen LogP contribution in [-0.2, 0) is 4.74 Å². The zero-order chi connectivity index (χ0) is 22.0. The van der Waals surface area contributed by atoms with Crippen molar-refractivity contribution in [3.05, 3.63) is 0 Å². The lowest BCUT2D eigenvalue weighted by molar-refractivity contribution is -0.0179. The average Bonchev–Trinajstić information content (AvgIpc) is 2.70. The Kier molecular flexibility index (Phi) is 11.2. The Morgan fingerprint density at radius 2 is 1.43 bits per heavy atom. The molecule has 0 heterocycles. The van der Waals surface area contributed by atoms with Crippen LogP contribution in [0.4, 0.5) is 0 Å². The van der Waals surface area contributed by atoms with Gasteiger partial charge in [-0.3, -0.25) is 0 Å². The summed E-state index contributed by atoms with van der Waals surface area (Å²) in [5.41, 5.74) is 0.674. The van der Waals surface area contributed by atoms with E-state index in [1.807, 2.05) is 0 Å². The third-order valence-corrected chi connectivity index (χ3v) is 7.78. The monoisotopic (exact) mass is 422 g/mol. The van der Waals surface area contributed by atoms with Gasteiger partial charge in [-0.2, -0.15) is 0 Å². The quantitative estimate of drug-likeness (QED) is 0.320. The van der Waals surface area contributed by atoms with Crippen LogP contribution >= 0.6 is 0 Å². The Balaban J connectivity index is 1.51. The molecule has 2 aliphatic carbocycles. The molecular weight excluding hydrogens is 368 g/mol. The Morgan fingerprint density at radius 3 is 2.07 bits per heavy atom. The number of aliphatic hydroxyl groups is 1. The van der Waals surface area contributed by atoms with Crippen LogP contribution in [0.1, 0.15) is 137 Å². The summed E-state index contributed by atoms with van der Waals surface area (Å²) in [6, 6.07) is 0. The van der Waals surface area contributed by atoms with Crippen molar-refractivity contribution in [2.24, 2.45) is 22.7 Å². The molecule has 178 valence electrons. The molecule has 1 N–H and O–H groups in total. The van der Waals surface area contributed by atoms with Gasteiger partial charge in [-0.1, -0.05) is 98.8 Å². The van der Waals surface area contributed by atoms with Crippen LogP contribution in [0.25, 0.3) is 0 Å². The molecule has 1 unspecified atom stereocenters. The van der Waals surface area contributed by atoms with E-state index < -0.39 is 0 Å². The summed E-state index contributed by atoms with van der Waals surface area (Å²) in [6.45, 7) is 12.6. The first-order chi connectivity index (χ1) is 14.1. The number of unbranched alkanes of at least 4 members (excludes halogenated alkanes) is 1. The van der Waals surface area contributed by atoms with E-state index in [0.717, 1.165) is 37.7 Å². The van der Waals surface area contributed by atoms with E-state index in [0.29, 0.717) is 16.9 Å². The van der Waals surface area contributed by atoms with E-state index in [2.05, 4.69) is 34.6 Å². The molecule has 2 rings (SSSR count). The van der Waals surface area contributed by atoms with Gasteiger partial charge < -0.3 is 9.84 Å². The van der Waals surface area contributed by atoms with Crippen molar-refractivity contribution < 1.29 is 9.84 Å². The van der Waals surface area contributed by atoms with Crippen LogP contribution < -0.4 is 0 Å². The molecule has 0 saturated heterocycles. The van der Waals surface area contributed by atoms with Crippen LogP contribution in [-0.4, -0.2) is 23.9 Å². The maximum Gasteiger partial charge on any atom is 0.0575 e. The summed E-state index contributed by atoms with van der Waals surface area (Å²) < 4.78 is 6.25. The SMILES string of the molecule is CC(C)(C)CCC(O)CC1CCC(CCCCC(C)(C)COC2CCCCC2)CC1. The van der Waals surface area contributed by atoms with Crippen LogP contribution in [0.15, 0.2) is 0 Å². The predicted molar refractivity (Wildman–Crippen MR) is 130 cm³/mol. The molecule has 0 aromatic carbocycles. The third-order valence-electron chi connectivity index (χ3n) is 7.78. The fraction of sp³-hybridized carbons (Fsp3) is 1.00. The third kappa shape index (κ3) is 11.5. The van der Waals surface area contributed by atoms with Crippen LogP contribution in [0.3, 0.4) is 0 Å². The molecule has 0 radical (unpaired) electrons. The molecule has 2 saturated carbocycles. The van der Waals surface area contributed by atoms with Crippen LogP contribution in [0, 0.1) is 22.7 Å². The summed E-state index contributed by atoms with van der Waals surface area (Å²) in [5.74, 6) is 1.71. The molecule has 0 aliphatic heterocycles. The second-order valence-electron chi connectivity index (χ2n) is 12.9. The van der Waals surface area contributed by atoms with E-state index in [9.17, 15) is 5.11 Å². The average molecular weight is 423 g/mol. The molecule has 0 spiro atoms. The van der Waals surface area contributed by atoms with Gasteiger partial charge in [0.15, 0.2) is 0 Å². The lowest BCUT2D eigenvalue weighted by Gasteiger charge is -2.31. The summed E-state index contributed by atoms with van der Waals surface area (Å²) in [6.07, 6.45) is 21.2. The number of hydrogen-bond acceptors (Lipinski definition) is 2. The van der Waals surface area contributed by atoms with Gasteiger partial charge in [-0.25, -0.2) is 0 Å². The highest BCUT2D eigenvalue weighted by atomic mass is 16.5. The highest BCUT2D eigenvalue weighted by molar-refractivity contribution is 4.77. The molecule has 0 aromatic rings. The minimum Gasteiger partial charge on any atom is -0.393 e. The second kappa shape index (κ2) is 12.8. The lowest BCUT2D eigenvalue weighted by Crippen LogP contribution is -2.25. The topological polar surface area (TPSA) is 29.5 Å². The second-order valence-corrected chi connectivity index (χ2v) is 12.9. The molecule has 1 atom stereocenters. The summed E-state index contributed by atoms with van der Waals surface area (Å²) in [5, 5.41) is 10.4. The number of ether oxygens (including phenoxy) is 1. The summed E-state index contributed by atoms with van der Waals surface area (Å²) in [4.78, 5) is 0. The van der Waals surface area contributed by atoms with Gasteiger partial charge in [-0.05, 0) is 61.2 Å². The van der Waals surface area contributed by atoms with Crippen molar-refractivity contribution in [1.29, 1.82) is 0 Å². The highest BCUT2D eigenvalue weighted by Gasteiger charge is 2.25. The summed E-state index contributed by atoms with van der Waals surface area (Å²) in [7, 11) is 0. The lowest BCUT2D eigenvalue weighted by atomic mass is 9.76. The van der Waals surface area contributed by atoms with Gasteiger partial charge in [0.05, 0.1) is 18.8 Å². The van der Waals surface area contributed by atoms with Gasteiger partial charge in [0.1, 0.15) is 0 Å². The van der Waals surface area contributed by atoms with Crippen molar-refractivity contribution in [1.82, 2.24) is 0 Å². The fourth-order valence-electron chi connectivity index (χ4n) is 5.54. The first kappa shape index (κ1) is 26.2. The number of aliphatic hydroxyl groups excluding tert-OH is 1. The van der Waals surface area contributed by atoms with Gasteiger partial charge in [-0.15, -0.1) is 0 Å². The Bertz CT molecular complexity index is 436. The Hall–Kier alpha value is -0.0800. The summed E-state index contributed by atoms with van der Waals surface area (Å²) >= 11 is 0. The highest BCUT2D eigenvalue weighted by Crippen LogP contribution is 2.36. The first-order valence-corrected chi connectivity index (χ1v) is 13.4. The fourth-order valence-corrected chi connectivity index (χ4v) is 5.54. The van der Waals surface area contributed by atoms with Crippen molar-refractivity contribution in [2.75, 3.05) is 6.61 Å². The molecule has 0 bridgehead atoms. The van der Waals surface area contributed by atoms with Gasteiger partial charge in [0.2, 0.25) is 0 Å². The normalized spacial score (nSPS) is 25.4. The van der Waals surface area contributed by atoms with Gasteiger partial charge in [0.25, 0.3) is 0 Å². The van der Waals surface area contributed by atoms with Crippen molar-refractivity contribution in [3.63, 3.8) is 0 Å². The van der Waals surface area contributed by atoms with Gasteiger partial charge in [0, 0.05) is 0 Å². The van der Waals surface area contributed by atoms with Crippen LogP contribution in [0.5, 0.6) is 0 Å². The molecule has 2 heteroatoms. The molecule has 0 aromatic heterocycles. The zero-order valence-electron chi connectivity index (χ0n) is 21.2. The predicted octanol–water partition coefficient (Wildman–Crippen LogP) is 8.31. The Morgan fingerprint density at radius 1 is 0.800 bits per heavy atom. The largest absolute Gasteiger partial charge is 0.393 e. The van der Waals surface area contributed by atoms with Gasteiger partial charge >= 0.3 is 0 Å². The standard InChI is InChI=1S/C28H54O2/c1-27(2,3)20-18-25(29)21-24-16-14-23(15-17-24)11-9-10-19-28(4,5)22-30-26-12-7-6-8-13-26/h23-26,29H,6-22H2,1-5H3. The minimum atomic E-state index is -0.0798. The van der Waals surface area contributed by atoms with Crippen molar-refractivity contribution in [3.8, 4) is 0 Å². The number of rotatable bonds is 12. The van der Waals surface area contributed by atoms with E-state index >= 15 is 0 Å². The smallest absolute Gasteiger partial charge is 0.0575 e. The zero-order valence-corrected chi connectivity index (χ0v) is 21.2. The molecule has 2 aliphatic rings. The molecule has 0 amide bonds. The molecule has 2 nitrogen and oxygen atoms in total. The van der Waals surface area contributed by atoms with Crippen molar-refractivity contribution in [2.45, 2.75) is 150 Å². The van der Waals surface area contributed by atoms with E-state index in [-0.39, 0.29) is 6.10 Å². The maximum atomic E-state index is 10.4. The van der Waals surface area contributed by atoms with Crippen LogP contribution in [0.2, 0.25) is 0 Å². The minimum absolute atomic E-state index is 0.0798. The maximum absolute atomic E-state index is 10.4. The Labute approximate surface area is 188 Å². The van der Waals surface area contributed by atoms with E-state index in [4.69, 9.17) is 4.74 Å². The van der Waals surface area contributed by atoms with E-state index in [1.165, 1.54) is 83.5 Å². The van der Waals surface area contributed by atoms with E-state index in [1.54, 1.807) is 0 Å². The molecule has 30 heavy (non-hydrogen) atoms. The molecule has 2 fully saturated rings. The number of hydrogen-bond donors (Lipinski definition) is 1.